The number of nitrogens with one attached hydrogen (secondary N) is 2. The molecule has 3 rings (SSSR count). The number of hydrogen-bond donors (Lipinski definition) is 2. The van der Waals surface area contributed by atoms with E-state index in [0.717, 1.165) is 34.4 Å². The SMILES string of the molecule is CCC[C@@H](NC(=O)N1C(=O)C(CC)(CC)C1OCC(=O)N(CC)CCNCCC(=O)OCc1ccccc1)c1ccc(C)cc1. The summed E-state index contributed by atoms with van der Waals surface area (Å²) in [6, 6.07) is 16.8. The topological polar surface area (TPSA) is 117 Å². The van der Waals surface area contributed by atoms with E-state index in [9.17, 15) is 19.2 Å². The summed E-state index contributed by atoms with van der Waals surface area (Å²) in [5, 5.41) is 6.22. The Bertz CT molecular complexity index is 1250. The molecule has 0 aromatic heterocycles. The Balaban J connectivity index is 1.50. The van der Waals surface area contributed by atoms with Crippen LogP contribution in [0.1, 0.15) is 82.5 Å². The monoisotopic (exact) mass is 622 g/mol. The van der Waals surface area contributed by atoms with Gasteiger partial charge in [-0.15, -0.1) is 0 Å². The second-order valence-electron chi connectivity index (χ2n) is 11.5. The maximum absolute atomic E-state index is 13.5. The van der Waals surface area contributed by atoms with Crippen LogP contribution < -0.4 is 10.6 Å². The van der Waals surface area contributed by atoms with Crippen molar-refractivity contribution in [3.8, 4) is 0 Å². The molecular weight excluding hydrogens is 572 g/mol. The molecule has 2 aromatic rings. The molecule has 0 saturated carbocycles. The van der Waals surface area contributed by atoms with Crippen molar-refractivity contribution in [2.45, 2.75) is 85.6 Å². The Morgan fingerprint density at radius 1 is 0.978 bits per heavy atom. The Labute approximate surface area is 267 Å². The van der Waals surface area contributed by atoms with Crippen molar-refractivity contribution < 1.29 is 28.7 Å². The number of ether oxygens (including phenoxy) is 2. The minimum absolute atomic E-state index is 0.225. The van der Waals surface area contributed by atoms with Crippen molar-refractivity contribution in [1.29, 1.82) is 0 Å². The van der Waals surface area contributed by atoms with E-state index >= 15 is 0 Å². The summed E-state index contributed by atoms with van der Waals surface area (Å²) in [6.07, 6.45) is 1.97. The number of amides is 4. The summed E-state index contributed by atoms with van der Waals surface area (Å²) in [5.41, 5.74) is 2.19. The molecule has 1 aliphatic rings. The highest BCUT2D eigenvalue weighted by atomic mass is 16.5. The van der Waals surface area contributed by atoms with Gasteiger partial charge in [0.1, 0.15) is 13.2 Å². The van der Waals surface area contributed by atoms with Crippen LogP contribution in [0.15, 0.2) is 54.6 Å². The van der Waals surface area contributed by atoms with E-state index in [1.807, 2.05) is 82.3 Å². The number of β-lactam (4-membered cyclic amide) rings is 1. The molecule has 0 aliphatic carbocycles. The van der Waals surface area contributed by atoms with E-state index in [2.05, 4.69) is 17.6 Å². The van der Waals surface area contributed by atoms with Gasteiger partial charge in [0.15, 0.2) is 6.23 Å². The van der Waals surface area contributed by atoms with Crippen molar-refractivity contribution in [2.24, 2.45) is 5.41 Å². The maximum atomic E-state index is 13.5. The molecule has 10 heteroatoms. The molecule has 45 heavy (non-hydrogen) atoms. The van der Waals surface area contributed by atoms with Gasteiger partial charge < -0.3 is 25.0 Å². The van der Waals surface area contributed by atoms with Crippen molar-refractivity contribution >= 4 is 23.8 Å². The quantitative estimate of drug-likeness (QED) is 0.135. The van der Waals surface area contributed by atoms with E-state index < -0.39 is 17.7 Å². The Hall–Kier alpha value is -3.76. The molecular formula is C35H50N4O6. The molecule has 1 aliphatic heterocycles. The van der Waals surface area contributed by atoms with Crippen molar-refractivity contribution in [2.75, 3.05) is 32.8 Å². The van der Waals surface area contributed by atoms with E-state index in [4.69, 9.17) is 9.47 Å². The minimum Gasteiger partial charge on any atom is -0.461 e. The number of likely N-dealkylation sites (tertiary alicyclic amines) is 1. The van der Waals surface area contributed by atoms with E-state index in [-0.39, 0.29) is 43.5 Å². The number of nitrogens with zero attached hydrogens (tertiary/aromatic N) is 2. The summed E-state index contributed by atoms with van der Waals surface area (Å²) in [6.45, 7) is 11.6. The van der Waals surface area contributed by atoms with Gasteiger partial charge in [0.25, 0.3) is 0 Å². The lowest BCUT2D eigenvalue weighted by Gasteiger charge is -2.53. The van der Waals surface area contributed by atoms with Gasteiger partial charge in [-0.1, -0.05) is 87.4 Å². The first kappa shape index (κ1) is 35.7. The smallest absolute Gasteiger partial charge is 0.326 e. The van der Waals surface area contributed by atoms with Gasteiger partial charge in [-0.25, -0.2) is 9.69 Å². The van der Waals surface area contributed by atoms with Crippen LogP contribution in [0, 0.1) is 12.3 Å². The van der Waals surface area contributed by atoms with Crippen molar-refractivity contribution in [3.63, 3.8) is 0 Å². The van der Waals surface area contributed by atoms with Crippen LogP contribution in [0.3, 0.4) is 0 Å². The van der Waals surface area contributed by atoms with Gasteiger partial charge in [-0.3, -0.25) is 14.4 Å². The molecule has 4 amide bonds. The van der Waals surface area contributed by atoms with E-state index in [1.165, 1.54) is 0 Å². The highest BCUT2D eigenvalue weighted by molar-refractivity contribution is 6.03. The van der Waals surface area contributed by atoms with E-state index in [0.29, 0.717) is 39.0 Å². The first-order chi connectivity index (χ1) is 21.7. The number of esters is 1. The molecule has 1 saturated heterocycles. The number of aryl methyl sites for hydroxylation is 1. The zero-order valence-corrected chi connectivity index (χ0v) is 27.5. The fourth-order valence-corrected chi connectivity index (χ4v) is 5.64. The van der Waals surface area contributed by atoms with Gasteiger partial charge in [0, 0.05) is 26.2 Å². The van der Waals surface area contributed by atoms with Crippen LogP contribution in [0.4, 0.5) is 4.79 Å². The average molecular weight is 623 g/mol. The second kappa shape index (κ2) is 17.7. The predicted molar refractivity (Wildman–Crippen MR) is 173 cm³/mol. The van der Waals surface area contributed by atoms with Gasteiger partial charge in [0.2, 0.25) is 11.8 Å². The standard InChI is InChI=1S/C35H50N4O6/c1-6-13-29(28-18-16-26(5)17-19-28)37-34(43)39-32(42)35(7-2,8-3)33(39)45-25-30(40)38(9-4)23-22-36-21-20-31(41)44-24-27-14-11-10-12-15-27/h10-12,14-19,29,33,36H,6-9,13,20-25H2,1-5H3,(H,37,43)/t29-,33?/m1/s1. The number of likely N-dealkylation sites (N-methyl/N-ethyl adjacent to an activating group) is 1. The number of benzene rings is 2. The summed E-state index contributed by atoms with van der Waals surface area (Å²) in [5.74, 6) is -0.798. The van der Waals surface area contributed by atoms with Crippen molar-refractivity contribution in [3.05, 3.63) is 71.3 Å². The molecule has 0 spiro atoms. The Kier molecular flexibility index (Phi) is 14.0. The maximum Gasteiger partial charge on any atom is 0.326 e. The van der Waals surface area contributed by atoms with Gasteiger partial charge in [-0.05, 0) is 44.2 Å². The fraction of sp³-hybridized carbons (Fsp3) is 0.543. The molecule has 10 nitrogen and oxygen atoms in total. The second-order valence-corrected chi connectivity index (χ2v) is 11.5. The molecule has 1 unspecified atom stereocenters. The zero-order chi connectivity index (χ0) is 32.8. The number of carbonyl (C=O) groups excluding carboxylic acids is 4. The number of hydrogen-bond acceptors (Lipinski definition) is 7. The third kappa shape index (κ3) is 9.37. The summed E-state index contributed by atoms with van der Waals surface area (Å²) >= 11 is 0. The van der Waals surface area contributed by atoms with Gasteiger partial charge >= 0.3 is 12.0 Å². The third-order valence-corrected chi connectivity index (χ3v) is 8.59. The predicted octanol–water partition coefficient (Wildman–Crippen LogP) is 5.11. The molecule has 2 atom stereocenters. The van der Waals surface area contributed by atoms with Gasteiger partial charge in [0.05, 0.1) is 17.9 Å². The molecule has 246 valence electrons. The Morgan fingerprint density at radius 2 is 1.67 bits per heavy atom. The summed E-state index contributed by atoms with van der Waals surface area (Å²) < 4.78 is 11.4. The number of rotatable bonds is 18. The first-order valence-electron chi connectivity index (χ1n) is 16.2. The van der Waals surface area contributed by atoms with Crippen LogP contribution in [0.5, 0.6) is 0 Å². The Morgan fingerprint density at radius 3 is 2.29 bits per heavy atom. The largest absolute Gasteiger partial charge is 0.461 e. The van der Waals surface area contributed by atoms with Crippen LogP contribution in [-0.4, -0.2) is 72.6 Å². The van der Waals surface area contributed by atoms with Crippen molar-refractivity contribution in [1.82, 2.24) is 20.4 Å². The molecule has 0 bridgehead atoms. The molecule has 2 N–H and O–H groups in total. The molecule has 2 aromatic carbocycles. The van der Waals surface area contributed by atoms with Crippen LogP contribution in [0.2, 0.25) is 0 Å². The number of urea groups is 1. The fourth-order valence-electron chi connectivity index (χ4n) is 5.64. The van der Waals surface area contributed by atoms with Crippen LogP contribution in [-0.2, 0) is 30.5 Å². The number of imide groups is 1. The average Bonchev–Trinajstić information content (AvgIpc) is 3.04. The normalized spacial score (nSPS) is 16.1. The van der Waals surface area contributed by atoms with Gasteiger partial charge in [-0.2, -0.15) is 0 Å². The third-order valence-electron chi connectivity index (χ3n) is 8.59. The lowest BCUT2D eigenvalue weighted by molar-refractivity contribution is -0.212. The lowest BCUT2D eigenvalue weighted by atomic mass is 9.72. The summed E-state index contributed by atoms with van der Waals surface area (Å²) in [4.78, 5) is 54.8. The zero-order valence-electron chi connectivity index (χ0n) is 27.5. The summed E-state index contributed by atoms with van der Waals surface area (Å²) in [7, 11) is 0. The highest BCUT2D eigenvalue weighted by Gasteiger charge is 2.62. The molecule has 1 fully saturated rings. The molecule has 1 heterocycles. The van der Waals surface area contributed by atoms with Crippen LogP contribution in [0.25, 0.3) is 0 Å². The van der Waals surface area contributed by atoms with E-state index in [1.54, 1.807) is 4.90 Å². The lowest BCUT2D eigenvalue weighted by Crippen LogP contribution is -2.72. The molecule has 0 radical (unpaired) electrons. The first-order valence-corrected chi connectivity index (χ1v) is 16.2. The van der Waals surface area contributed by atoms with Crippen LogP contribution >= 0.6 is 0 Å². The number of carbonyl (C=O) groups is 4. The highest BCUT2D eigenvalue weighted by Crippen LogP contribution is 2.46. The minimum atomic E-state index is -0.852.